The second kappa shape index (κ2) is 19.1. The molecule has 11 heteroatoms. The van der Waals surface area contributed by atoms with E-state index in [1.807, 2.05) is 30.3 Å². The van der Waals surface area contributed by atoms with Gasteiger partial charge >= 0.3 is 29.6 Å². The summed E-state index contributed by atoms with van der Waals surface area (Å²) in [5.74, 6) is 0. The maximum Gasteiger partial charge on any atom is 1.00 e. The van der Waals surface area contributed by atoms with Gasteiger partial charge in [0.05, 0.1) is 72.7 Å². The van der Waals surface area contributed by atoms with Crippen molar-refractivity contribution in [3.63, 3.8) is 0 Å². The van der Waals surface area contributed by atoms with Gasteiger partial charge in [-0.2, -0.15) is 0 Å². The molecule has 0 heterocycles. The standard InChI is InChI=1S/C17H29O9P.Na/c18-27(19,20)26-15-14-24-11-10-22-7-6-21-8-9-23-12-13-25-16-17-4-2-1-3-5-17;/h1-5H,6-16H2,(H2,18,19,20);/q;+1/p-1. The van der Waals surface area contributed by atoms with Crippen LogP contribution >= 0.6 is 7.82 Å². The molecule has 1 aromatic rings. The van der Waals surface area contributed by atoms with Crippen molar-refractivity contribution >= 4 is 7.82 Å². The van der Waals surface area contributed by atoms with Gasteiger partial charge in [-0.1, -0.05) is 30.3 Å². The Balaban J connectivity index is 0.00000729. The number of phosphoric ester groups is 1. The van der Waals surface area contributed by atoms with E-state index in [-0.39, 0.29) is 42.8 Å². The van der Waals surface area contributed by atoms with Crippen LogP contribution in [0.5, 0.6) is 0 Å². The Morgan fingerprint density at radius 3 is 1.54 bits per heavy atom. The largest absolute Gasteiger partial charge is 1.00 e. The topological polar surface area (TPSA) is 116 Å². The van der Waals surface area contributed by atoms with Crippen LogP contribution in [-0.4, -0.2) is 71.0 Å². The fraction of sp³-hybridized carbons (Fsp3) is 0.647. The minimum Gasteiger partial charge on any atom is -0.756 e. The molecule has 1 N–H and O–H groups in total. The Labute approximate surface area is 188 Å². The molecule has 0 spiro atoms. The maximum absolute atomic E-state index is 10.3. The van der Waals surface area contributed by atoms with E-state index in [1.54, 1.807) is 0 Å². The molecule has 0 aliphatic carbocycles. The molecule has 0 radical (unpaired) electrons. The van der Waals surface area contributed by atoms with Crippen molar-refractivity contribution in [2.75, 3.05) is 66.1 Å². The SMILES string of the molecule is O=P([O-])(O)OCCOCCOCCOCCOCCOCc1ccccc1.[Na+]. The Morgan fingerprint density at radius 1 is 0.714 bits per heavy atom. The van der Waals surface area contributed by atoms with Crippen molar-refractivity contribution < 1.29 is 72.1 Å². The molecular weight excluding hydrogens is 402 g/mol. The second-order valence-electron chi connectivity index (χ2n) is 5.29. The first-order chi connectivity index (χ1) is 13.1. The van der Waals surface area contributed by atoms with Crippen molar-refractivity contribution in [1.82, 2.24) is 0 Å². The van der Waals surface area contributed by atoms with E-state index in [9.17, 15) is 9.46 Å². The molecule has 0 aliphatic rings. The summed E-state index contributed by atoms with van der Waals surface area (Å²) < 4.78 is 41.0. The van der Waals surface area contributed by atoms with Crippen LogP contribution < -0.4 is 34.5 Å². The molecule has 0 amide bonds. The smallest absolute Gasteiger partial charge is 0.756 e. The summed E-state index contributed by atoms with van der Waals surface area (Å²) in [6.07, 6.45) is 0. The molecule has 9 nitrogen and oxygen atoms in total. The van der Waals surface area contributed by atoms with Crippen molar-refractivity contribution in [1.29, 1.82) is 0 Å². The summed E-state index contributed by atoms with van der Waals surface area (Å²) in [7, 11) is -4.66. The van der Waals surface area contributed by atoms with Crippen molar-refractivity contribution in [2.45, 2.75) is 6.61 Å². The molecule has 0 aliphatic heterocycles. The van der Waals surface area contributed by atoms with E-state index in [4.69, 9.17) is 28.6 Å². The number of rotatable bonds is 18. The van der Waals surface area contributed by atoms with Gasteiger partial charge in [-0.25, -0.2) is 0 Å². The zero-order valence-corrected chi connectivity index (χ0v) is 19.2. The van der Waals surface area contributed by atoms with Crippen LogP contribution in [0.15, 0.2) is 30.3 Å². The maximum atomic E-state index is 10.3. The van der Waals surface area contributed by atoms with Gasteiger partial charge in [-0.05, 0) is 5.56 Å². The number of benzene rings is 1. The van der Waals surface area contributed by atoms with Gasteiger partial charge in [0, 0.05) is 0 Å². The second-order valence-corrected chi connectivity index (χ2v) is 6.48. The number of ether oxygens (including phenoxy) is 5. The van der Waals surface area contributed by atoms with Crippen LogP contribution in [0.3, 0.4) is 0 Å². The Kier molecular flexibility index (Phi) is 19.2. The van der Waals surface area contributed by atoms with Crippen molar-refractivity contribution in [3.8, 4) is 0 Å². The van der Waals surface area contributed by atoms with Crippen LogP contribution in [0.2, 0.25) is 0 Å². The molecule has 156 valence electrons. The van der Waals surface area contributed by atoms with Gasteiger partial charge in [0.2, 0.25) is 0 Å². The summed E-state index contributed by atoms with van der Waals surface area (Å²) in [6.45, 7) is 3.95. The van der Waals surface area contributed by atoms with E-state index >= 15 is 0 Å². The van der Waals surface area contributed by atoms with Gasteiger partial charge < -0.3 is 38.0 Å². The Morgan fingerprint density at radius 2 is 1.11 bits per heavy atom. The molecule has 0 aromatic heterocycles. The van der Waals surface area contributed by atoms with Crippen LogP contribution in [-0.2, 0) is 39.4 Å². The molecule has 0 bridgehead atoms. The van der Waals surface area contributed by atoms with Gasteiger partial charge in [-0.15, -0.1) is 0 Å². The molecule has 1 rings (SSSR count). The van der Waals surface area contributed by atoms with Gasteiger partial charge in [0.25, 0.3) is 7.82 Å². The zero-order chi connectivity index (χ0) is 19.6. The van der Waals surface area contributed by atoms with E-state index in [2.05, 4.69) is 4.52 Å². The quantitative estimate of drug-likeness (QED) is 0.157. The average Bonchev–Trinajstić information content (AvgIpc) is 2.64. The van der Waals surface area contributed by atoms with Crippen LogP contribution in [0.1, 0.15) is 5.56 Å². The molecule has 1 unspecified atom stereocenters. The monoisotopic (exact) mass is 430 g/mol. The normalized spacial score (nSPS) is 13.1. The molecule has 0 saturated heterocycles. The van der Waals surface area contributed by atoms with Gasteiger partial charge in [-0.3, -0.25) is 4.57 Å². The van der Waals surface area contributed by atoms with Crippen LogP contribution in [0.4, 0.5) is 0 Å². The third-order valence-corrected chi connectivity index (χ3v) is 3.59. The molecule has 28 heavy (non-hydrogen) atoms. The molecule has 0 fully saturated rings. The van der Waals surface area contributed by atoms with Crippen molar-refractivity contribution in [3.05, 3.63) is 35.9 Å². The molecule has 1 aromatic carbocycles. The minimum atomic E-state index is -4.66. The summed E-state index contributed by atoms with van der Waals surface area (Å²) >= 11 is 0. The number of phosphoric acid groups is 1. The van der Waals surface area contributed by atoms with E-state index in [0.717, 1.165) is 5.56 Å². The Bertz CT molecular complexity index is 501. The average molecular weight is 430 g/mol. The van der Waals surface area contributed by atoms with E-state index in [1.165, 1.54) is 0 Å². The fourth-order valence-corrected chi connectivity index (χ4v) is 2.16. The first-order valence-electron chi connectivity index (χ1n) is 8.69. The first-order valence-corrected chi connectivity index (χ1v) is 10.2. The number of hydrogen-bond donors (Lipinski definition) is 1. The summed E-state index contributed by atoms with van der Waals surface area (Å²) in [5.41, 5.74) is 1.14. The van der Waals surface area contributed by atoms with Crippen molar-refractivity contribution in [2.24, 2.45) is 0 Å². The third kappa shape index (κ3) is 19.4. The summed E-state index contributed by atoms with van der Waals surface area (Å²) in [5, 5.41) is 0. The zero-order valence-electron chi connectivity index (χ0n) is 16.3. The third-order valence-electron chi connectivity index (χ3n) is 3.08. The predicted octanol–water partition coefficient (Wildman–Crippen LogP) is -2.25. The van der Waals surface area contributed by atoms with Gasteiger partial charge in [0.15, 0.2) is 0 Å². The molecular formula is C17H28NaO9P. The summed E-state index contributed by atoms with van der Waals surface area (Å²) in [6, 6.07) is 9.96. The van der Waals surface area contributed by atoms with E-state index < -0.39 is 7.82 Å². The molecule has 0 saturated carbocycles. The fourth-order valence-electron chi connectivity index (χ4n) is 1.86. The Hall–Kier alpha value is 0.130. The number of hydrogen-bond acceptors (Lipinski definition) is 8. The molecule has 1 atom stereocenters. The summed E-state index contributed by atoms with van der Waals surface area (Å²) in [4.78, 5) is 18.6. The predicted molar refractivity (Wildman–Crippen MR) is 95.2 cm³/mol. The first kappa shape index (κ1) is 28.1. The van der Waals surface area contributed by atoms with E-state index in [0.29, 0.717) is 59.5 Å². The van der Waals surface area contributed by atoms with Gasteiger partial charge in [0.1, 0.15) is 0 Å². The minimum absolute atomic E-state index is 0. The van der Waals surface area contributed by atoms with Crippen LogP contribution in [0, 0.1) is 0 Å². The van der Waals surface area contributed by atoms with Crippen LogP contribution in [0.25, 0.3) is 0 Å².